The number of hydrogen-bond acceptors (Lipinski definition) is 2. The lowest BCUT2D eigenvalue weighted by molar-refractivity contribution is 0.115. The summed E-state index contributed by atoms with van der Waals surface area (Å²) in [7, 11) is 0. The molecule has 5 aromatic carbocycles. The van der Waals surface area contributed by atoms with E-state index in [0.29, 0.717) is 0 Å². The SMILES string of the molecule is c1ccc(C2c3c(ccc4ccccc34)OCOc3ccc4ccccc4c32)cc1. The van der Waals surface area contributed by atoms with E-state index in [4.69, 9.17) is 9.47 Å². The summed E-state index contributed by atoms with van der Waals surface area (Å²) in [6.45, 7) is 0.193. The molecule has 0 bridgehead atoms. The van der Waals surface area contributed by atoms with E-state index < -0.39 is 0 Å². The molecule has 0 aliphatic carbocycles. The third-order valence-electron chi connectivity index (χ3n) is 6.00. The van der Waals surface area contributed by atoms with Crippen molar-refractivity contribution in [2.75, 3.05) is 6.79 Å². The van der Waals surface area contributed by atoms with Crippen LogP contribution in [0.1, 0.15) is 22.6 Å². The van der Waals surface area contributed by atoms with Crippen molar-refractivity contribution in [1.82, 2.24) is 0 Å². The van der Waals surface area contributed by atoms with Crippen LogP contribution >= 0.6 is 0 Å². The smallest absolute Gasteiger partial charge is 0.230 e. The molecule has 0 N–H and O–H groups in total. The van der Waals surface area contributed by atoms with E-state index in [1.54, 1.807) is 0 Å². The van der Waals surface area contributed by atoms with Crippen LogP contribution in [-0.2, 0) is 0 Å². The molecular formula is C28H20O2. The molecule has 0 spiro atoms. The number of benzene rings is 5. The molecule has 0 fully saturated rings. The lowest BCUT2D eigenvalue weighted by atomic mass is 9.79. The normalized spacial score (nSPS) is 13.6. The Bertz CT molecular complexity index is 1280. The minimum atomic E-state index is -0.00583. The molecule has 30 heavy (non-hydrogen) atoms. The standard InChI is InChI=1S/C28H20O2/c1-2-10-21(11-3-1)26-27-22-12-6-4-8-19(22)14-16-24(27)29-18-30-25-17-15-20-9-5-7-13-23(20)28(25)26/h1-17,26H,18H2. The largest absolute Gasteiger partial charge is 0.457 e. The predicted molar refractivity (Wildman–Crippen MR) is 121 cm³/mol. The van der Waals surface area contributed by atoms with Gasteiger partial charge in [-0.3, -0.25) is 0 Å². The van der Waals surface area contributed by atoms with Gasteiger partial charge in [0.05, 0.1) is 0 Å². The summed E-state index contributed by atoms with van der Waals surface area (Å²) in [4.78, 5) is 0. The van der Waals surface area contributed by atoms with Crippen molar-refractivity contribution in [3.8, 4) is 11.5 Å². The molecule has 1 heterocycles. The third kappa shape index (κ3) is 2.65. The van der Waals surface area contributed by atoms with Crippen molar-refractivity contribution < 1.29 is 9.47 Å². The molecule has 1 aliphatic rings. The molecule has 144 valence electrons. The fourth-order valence-corrected chi connectivity index (χ4v) is 4.68. The first-order chi connectivity index (χ1) is 14.9. The summed E-state index contributed by atoms with van der Waals surface area (Å²) in [6, 6.07) is 36.2. The predicted octanol–water partition coefficient (Wildman–Crippen LogP) is 6.90. The van der Waals surface area contributed by atoms with E-state index in [-0.39, 0.29) is 12.7 Å². The van der Waals surface area contributed by atoms with Crippen molar-refractivity contribution >= 4 is 21.5 Å². The molecule has 5 aromatic rings. The van der Waals surface area contributed by atoms with Crippen molar-refractivity contribution in [2.24, 2.45) is 0 Å². The van der Waals surface area contributed by atoms with Gasteiger partial charge in [0.2, 0.25) is 6.79 Å². The summed E-state index contributed by atoms with van der Waals surface area (Å²) in [6.07, 6.45) is 0. The second-order valence-electron chi connectivity index (χ2n) is 7.65. The van der Waals surface area contributed by atoms with Crippen LogP contribution in [0.3, 0.4) is 0 Å². The molecule has 0 saturated heterocycles. The monoisotopic (exact) mass is 388 g/mol. The van der Waals surface area contributed by atoms with Gasteiger partial charge in [0.15, 0.2) is 0 Å². The average Bonchev–Trinajstić information content (AvgIpc) is 2.80. The van der Waals surface area contributed by atoms with Crippen LogP contribution in [0, 0.1) is 0 Å². The Morgan fingerprint density at radius 1 is 0.500 bits per heavy atom. The van der Waals surface area contributed by atoms with Crippen LogP contribution in [0.15, 0.2) is 103 Å². The highest BCUT2D eigenvalue weighted by atomic mass is 16.7. The molecule has 0 radical (unpaired) electrons. The first kappa shape index (κ1) is 17.1. The molecule has 2 heteroatoms. The Labute approximate surface area is 175 Å². The highest BCUT2D eigenvalue weighted by molar-refractivity contribution is 5.93. The maximum absolute atomic E-state index is 6.13. The molecule has 1 aliphatic heterocycles. The van der Waals surface area contributed by atoms with E-state index >= 15 is 0 Å². The fourth-order valence-electron chi connectivity index (χ4n) is 4.68. The van der Waals surface area contributed by atoms with Gasteiger partial charge in [0.25, 0.3) is 0 Å². The summed E-state index contributed by atoms with van der Waals surface area (Å²) < 4.78 is 12.3. The molecule has 0 aromatic heterocycles. The van der Waals surface area contributed by atoms with Gasteiger partial charge in [-0.05, 0) is 39.2 Å². The Kier molecular flexibility index (Phi) is 3.95. The van der Waals surface area contributed by atoms with Gasteiger partial charge >= 0.3 is 0 Å². The van der Waals surface area contributed by atoms with Gasteiger partial charge in [-0.1, -0.05) is 91.0 Å². The zero-order chi connectivity index (χ0) is 19.9. The van der Waals surface area contributed by atoms with E-state index in [0.717, 1.165) is 11.5 Å². The van der Waals surface area contributed by atoms with E-state index in [9.17, 15) is 0 Å². The van der Waals surface area contributed by atoms with Crippen LogP contribution in [-0.4, -0.2) is 6.79 Å². The second-order valence-corrected chi connectivity index (χ2v) is 7.65. The third-order valence-corrected chi connectivity index (χ3v) is 6.00. The Morgan fingerprint density at radius 2 is 1.00 bits per heavy atom. The molecule has 0 saturated carbocycles. The lowest BCUT2D eigenvalue weighted by Crippen LogP contribution is -2.16. The van der Waals surface area contributed by atoms with Crippen molar-refractivity contribution in [2.45, 2.75) is 5.92 Å². The quantitative estimate of drug-likeness (QED) is 0.311. The van der Waals surface area contributed by atoms with Crippen molar-refractivity contribution in [3.63, 3.8) is 0 Å². The molecule has 0 unspecified atom stereocenters. The van der Waals surface area contributed by atoms with Gasteiger partial charge < -0.3 is 9.47 Å². The zero-order valence-corrected chi connectivity index (χ0v) is 16.4. The van der Waals surface area contributed by atoms with Crippen LogP contribution in [0.5, 0.6) is 11.5 Å². The van der Waals surface area contributed by atoms with Crippen molar-refractivity contribution in [3.05, 3.63) is 120 Å². The first-order valence-corrected chi connectivity index (χ1v) is 10.2. The molecule has 2 nitrogen and oxygen atoms in total. The van der Waals surface area contributed by atoms with Crippen LogP contribution in [0.25, 0.3) is 21.5 Å². The Balaban J connectivity index is 1.78. The van der Waals surface area contributed by atoms with Gasteiger partial charge in [-0.2, -0.15) is 0 Å². The number of rotatable bonds is 1. The van der Waals surface area contributed by atoms with Crippen molar-refractivity contribution in [1.29, 1.82) is 0 Å². The molecule has 0 amide bonds. The summed E-state index contributed by atoms with van der Waals surface area (Å²) >= 11 is 0. The first-order valence-electron chi connectivity index (χ1n) is 10.2. The second kappa shape index (κ2) is 6.93. The molecule has 6 rings (SSSR count). The summed E-state index contributed by atoms with van der Waals surface area (Å²) in [5, 5.41) is 4.85. The highest BCUT2D eigenvalue weighted by Gasteiger charge is 2.29. The van der Waals surface area contributed by atoms with Gasteiger partial charge in [0, 0.05) is 17.0 Å². The Morgan fingerprint density at radius 3 is 1.57 bits per heavy atom. The van der Waals surface area contributed by atoms with E-state index in [1.165, 1.54) is 38.2 Å². The number of hydrogen-bond donors (Lipinski definition) is 0. The average molecular weight is 388 g/mol. The topological polar surface area (TPSA) is 18.5 Å². The Hall–Kier alpha value is -3.78. The van der Waals surface area contributed by atoms with E-state index in [1.807, 2.05) is 0 Å². The highest BCUT2D eigenvalue weighted by Crippen LogP contribution is 2.47. The number of ether oxygens (including phenoxy) is 2. The zero-order valence-electron chi connectivity index (χ0n) is 16.4. The van der Waals surface area contributed by atoms with Gasteiger partial charge in [-0.15, -0.1) is 0 Å². The van der Waals surface area contributed by atoms with Crippen LogP contribution in [0.4, 0.5) is 0 Å². The van der Waals surface area contributed by atoms with Gasteiger partial charge in [0.1, 0.15) is 11.5 Å². The van der Waals surface area contributed by atoms with Crippen LogP contribution in [0.2, 0.25) is 0 Å². The summed E-state index contributed by atoms with van der Waals surface area (Å²) in [5.41, 5.74) is 3.61. The van der Waals surface area contributed by atoms with Crippen LogP contribution < -0.4 is 9.47 Å². The minimum Gasteiger partial charge on any atom is -0.457 e. The minimum absolute atomic E-state index is 0.00583. The number of fused-ring (bicyclic) bond motifs is 6. The summed E-state index contributed by atoms with van der Waals surface area (Å²) in [5.74, 6) is 1.75. The maximum atomic E-state index is 6.13. The molecule has 0 atom stereocenters. The van der Waals surface area contributed by atoms with Gasteiger partial charge in [-0.25, -0.2) is 0 Å². The van der Waals surface area contributed by atoms with E-state index in [2.05, 4.69) is 103 Å². The fraction of sp³-hybridized carbons (Fsp3) is 0.0714. The lowest BCUT2D eigenvalue weighted by Gasteiger charge is -2.29. The molecular weight excluding hydrogens is 368 g/mol. The maximum Gasteiger partial charge on any atom is 0.230 e.